The van der Waals surface area contributed by atoms with Gasteiger partial charge in [-0.2, -0.15) is 0 Å². The van der Waals surface area contributed by atoms with Gasteiger partial charge in [0.15, 0.2) is 6.29 Å². The van der Waals surface area contributed by atoms with E-state index in [1.807, 2.05) is 30.3 Å². The maximum absolute atomic E-state index is 6.23. The molecule has 0 N–H and O–H groups in total. The molecule has 2 fully saturated rings. The first-order valence-electron chi connectivity index (χ1n) is 8.48. The summed E-state index contributed by atoms with van der Waals surface area (Å²) in [5.74, 6) is 0.172. The molecule has 23 heavy (non-hydrogen) atoms. The van der Waals surface area contributed by atoms with Crippen LogP contribution in [0.25, 0.3) is 0 Å². The topological polar surface area (TPSA) is 36.9 Å². The van der Waals surface area contributed by atoms with Gasteiger partial charge in [0.05, 0.1) is 12.7 Å². The van der Waals surface area contributed by atoms with Gasteiger partial charge in [-0.1, -0.05) is 50.6 Å². The summed E-state index contributed by atoms with van der Waals surface area (Å²) in [6, 6.07) is 10.0. The van der Waals surface area contributed by atoms with Crippen LogP contribution < -0.4 is 0 Å². The molecule has 0 saturated carbocycles. The lowest BCUT2D eigenvalue weighted by molar-refractivity contribution is -0.316. The third kappa shape index (κ3) is 3.91. The highest BCUT2D eigenvalue weighted by molar-refractivity contribution is 7.80. The van der Waals surface area contributed by atoms with Crippen LogP contribution in [0.5, 0.6) is 0 Å². The Morgan fingerprint density at radius 3 is 2.74 bits per heavy atom. The zero-order valence-electron chi connectivity index (χ0n) is 13.8. The van der Waals surface area contributed by atoms with Crippen molar-refractivity contribution in [2.45, 2.75) is 56.7 Å². The van der Waals surface area contributed by atoms with Crippen LogP contribution in [0, 0.1) is 5.92 Å². The maximum Gasteiger partial charge on any atom is 0.184 e. The van der Waals surface area contributed by atoms with E-state index in [0.717, 1.165) is 25.0 Å². The van der Waals surface area contributed by atoms with Crippen LogP contribution in [0.1, 0.15) is 38.5 Å². The minimum atomic E-state index is -0.359. The van der Waals surface area contributed by atoms with Crippen LogP contribution in [0.4, 0.5) is 0 Å². The molecule has 0 spiro atoms. The fraction of sp³-hybridized carbons (Fsp3) is 0.667. The van der Waals surface area contributed by atoms with Gasteiger partial charge < -0.3 is 18.9 Å². The maximum atomic E-state index is 6.23. The molecule has 1 aromatic rings. The Balaban J connectivity index is 1.72. The first-order valence-corrected chi connectivity index (χ1v) is 8.99. The van der Waals surface area contributed by atoms with E-state index in [1.165, 1.54) is 0 Å². The van der Waals surface area contributed by atoms with Crippen molar-refractivity contribution in [3.8, 4) is 0 Å². The molecule has 128 valence electrons. The predicted molar refractivity (Wildman–Crippen MR) is 91.5 cm³/mol. The van der Waals surface area contributed by atoms with Crippen LogP contribution in [-0.2, 0) is 18.9 Å². The average Bonchev–Trinajstić information content (AvgIpc) is 2.59. The van der Waals surface area contributed by atoms with Crippen molar-refractivity contribution in [2.24, 2.45) is 5.92 Å². The second-order valence-corrected chi connectivity index (χ2v) is 6.80. The minimum Gasteiger partial charge on any atom is -0.375 e. The number of ether oxygens (including phenoxy) is 4. The number of benzene rings is 1. The van der Waals surface area contributed by atoms with Gasteiger partial charge in [0, 0.05) is 18.1 Å². The van der Waals surface area contributed by atoms with E-state index in [0.29, 0.717) is 6.61 Å². The molecule has 3 unspecified atom stereocenters. The molecule has 0 aliphatic carbocycles. The predicted octanol–water partition coefficient (Wildman–Crippen LogP) is 3.58. The normalized spacial score (nSPS) is 37.3. The molecule has 1 aromatic carbocycles. The number of fused-ring (bicyclic) bond motifs is 1. The monoisotopic (exact) mass is 338 g/mol. The molecule has 0 radical (unpaired) electrons. The molecule has 5 heteroatoms. The zero-order chi connectivity index (χ0) is 16.2. The molecule has 2 aliphatic heterocycles. The summed E-state index contributed by atoms with van der Waals surface area (Å²) in [5.41, 5.74) is 0.877. The van der Waals surface area contributed by atoms with Crippen molar-refractivity contribution in [1.82, 2.24) is 0 Å². The molecular formula is C18H26O4S. The fourth-order valence-electron chi connectivity index (χ4n) is 3.11. The summed E-state index contributed by atoms with van der Waals surface area (Å²) in [6.45, 7) is 5.52. The molecule has 3 rings (SSSR count). The van der Waals surface area contributed by atoms with Gasteiger partial charge >= 0.3 is 0 Å². The van der Waals surface area contributed by atoms with Crippen molar-refractivity contribution in [3.63, 3.8) is 0 Å². The summed E-state index contributed by atoms with van der Waals surface area (Å²) < 4.78 is 24.2. The fourth-order valence-corrected chi connectivity index (χ4v) is 3.44. The third-order valence-electron chi connectivity index (χ3n) is 4.54. The molecule has 2 aliphatic rings. The number of thiol groups is 1. The van der Waals surface area contributed by atoms with Gasteiger partial charge in [-0.3, -0.25) is 0 Å². The average molecular weight is 338 g/mol. The van der Waals surface area contributed by atoms with E-state index in [9.17, 15) is 0 Å². The van der Waals surface area contributed by atoms with Crippen molar-refractivity contribution >= 4 is 12.6 Å². The Kier molecular flexibility index (Phi) is 5.99. The quantitative estimate of drug-likeness (QED) is 0.658. The third-order valence-corrected chi connectivity index (χ3v) is 5.14. The molecule has 6 atom stereocenters. The van der Waals surface area contributed by atoms with Gasteiger partial charge in [-0.25, -0.2) is 0 Å². The van der Waals surface area contributed by atoms with E-state index >= 15 is 0 Å². The molecule has 0 aromatic heterocycles. The smallest absolute Gasteiger partial charge is 0.184 e. The summed E-state index contributed by atoms with van der Waals surface area (Å²) >= 11 is 4.56. The first kappa shape index (κ1) is 17.2. The molecule has 0 amide bonds. The van der Waals surface area contributed by atoms with Crippen LogP contribution in [0.2, 0.25) is 0 Å². The minimum absolute atomic E-state index is 0.0158. The molecular weight excluding hydrogens is 312 g/mol. The lowest BCUT2D eigenvalue weighted by Crippen LogP contribution is -2.58. The second-order valence-electron chi connectivity index (χ2n) is 6.29. The number of rotatable bonds is 5. The van der Waals surface area contributed by atoms with Crippen molar-refractivity contribution in [2.75, 3.05) is 13.2 Å². The highest BCUT2D eigenvalue weighted by Gasteiger charge is 2.47. The lowest BCUT2D eigenvalue weighted by Gasteiger charge is -2.47. The van der Waals surface area contributed by atoms with E-state index in [2.05, 4.69) is 26.5 Å². The van der Waals surface area contributed by atoms with Gasteiger partial charge in [-0.15, -0.1) is 12.6 Å². The lowest BCUT2D eigenvalue weighted by atomic mass is 9.92. The SMILES string of the molecule is CCCCOC1[C@@H]2OC(c3ccccc3)OCC2O[C@@H](S)[C@H]1C. The Labute approximate surface area is 143 Å². The van der Waals surface area contributed by atoms with Gasteiger partial charge in [0.1, 0.15) is 17.6 Å². The van der Waals surface area contributed by atoms with Gasteiger partial charge in [0.2, 0.25) is 0 Å². The van der Waals surface area contributed by atoms with Gasteiger partial charge in [-0.05, 0) is 6.42 Å². The van der Waals surface area contributed by atoms with Crippen LogP contribution in [0.15, 0.2) is 30.3 Å². The largest absolute Gasteiger partial charge is 0.375 e. The zero-order valence-corrected chi connectivity index (χ0v) is 14.7. The van der Waals surface area contributed by atoms with Crippen LogP contribution in [-0.4, -0.2) is 37.0 Å². The van der Waals surface area contributed by atoms with E-state index in [1.54, 1.807) is 0 Å². The van der Waals surface area contributed by atoms with Gasteiger partial charge in [0.25, 0.3) is 0 Å². The first-order chi connectivity index (χ1) is 11.2. The number of unbranched alkanes of at least 4 members (excludes halogenated alkanes) is 1. The van der Waals surface area contributed by atoms with Crippen molar-refractivity contribution in [3.05, 3.63) is 35.9 Å². The Morgan fingerprint density at radius 1 is 1.22 bits per heavy atom. The van der Waals surface area contributed by atoms with E-state index < -0.39 is 0 Å². The summed E-state index contributed by atoms with van der Waals surface area (Å²) in [6.07, 6.45) is 1.55. The summed E-state index contributed by atoms with van der Waals surface area (Å²) in [4.78, 5) is 0. The van der Waals surface area contributed by atoms with Crippen LogP contribution >= 0.6 is 12.6 Å². The van der Waals surface area contributed by atoms with E-state index in [-0.39, 0.29) is 36.0 Å². The highest BCUT2D eigenvalue weighted by atomic mass is 32.1. The molecule has 2 saturated heterocycles. The molecule has 4 nitrogen and oxygen atoms in total. The van der Waals surface area contributed by atoms with Crippen molar-refractivity contribution in [1.29, 1.82) is 0 Å². The standard InChI is InChI=1S/C18H26O4S/c1-3-4-10-19-15-12(2)18(23)21-14-11-20-17(22-16(14)15)13-8-6-5-7-9-13/h5-9,12,14-18,23H,3-4,10-11H2,1-2H3/t12-,14?,15?,16+,17?,18-/m0/s1. The molecule has 0 bridgehead atoms. The molecule has 2 heterocycles. The highest BCUT2D eigenvalue weighted by Crippen LogP contribution is 2.38. The van der Waals surface area contributed by atoms with Crippen LogP contribution in [0.3, 0.4) is 0 Å². The number of hydrogen-bond acceptors (Lipinski definition) is 5. The Morgan fingerprint density at radius 2 is 2.00 bits per heavy atom. The summed E-state index contributed by atoms with van der Waals surface area (Å²) in [5, 5.41) is 0. The summed E-state index contributed by atoms with van der Waals surface area (Å²) in [7, 11) is 0. The van der Waals surface area contributed by atoms with E-state index in [4.69, 9.17) is 18.9 Å². The number of hydrogen-bond donors (Lipinski definition) is 1. The second kappa shape index (κ2) is 7.99. The Hall–Kier alpha value is -0.590. The Bertz CT molecular complexity index is 483. The van der Waals surface area contributed by atoms with Crippen molar-refractivity contribution < 1.29 is 18.9 Å².